The van der Waals surface area contributed by atoms with Gasteiger partial charge in [0, 0.05) is 26.9 Å². The zero-order chi connectivity index (χ0) is 64.9. The van der Waals surface area contributed by atoms with Crippen molar-refractivity contribution in [2.75, 3.05) is 14.1 Å². The molecule has 0 aliphatic carbocycles. The predicted octanol–water partition coefficient (Wildman–Crippen LogP) is 5.61. The number of rotatable bonds is 18. The highest BCUT2D eigenvalue weighted by atomic mass is 16.2. The van der Waals surface area contributed by atoms with Gasteiger partial charge in [0.05, 0.1) is 0 Å². The Kier molecular flexibility index (Phi) is 29.9. The van der Waals surface area contributed by atoms with E-state index in [9.17, 15) is 47.9 Å². The van der Waals surface area contributed by atoms with Gasteiger partial charge < -0.3 is 52.3 Å². The second-order valence-electron chi connectivity index (χ2n) is 26.9. The Labute approximate surface area is 513 Å². The predicted molar refractivity (Wildman–Crippen MR) is 335 cm³/mol. The van der Waals surface area contributed by atoms with Gasteiger partial charge in [0.2, 0.25) is 59.1 Å². The van der Waals surface area contributed by atoms with Crippen molar-refractivity contribution in [3.63, 3.8) is 0 Å². The number of carbonyl (C=O) groups is 10. The Bertz CT molecular complexity index is 2380. The molecule has 10 atom stereocenters. The van der Waals surface area contributed by atoms with E-state index in [0.29, 0.717) is 11.1 Å². The van der Waals surface area contributed by atoms with E-state index in [1.165, 1.54) is 23.9 Å². The molecular formula is C66H106N10O10. The summed E-state index contributed by atoms with van der Waals surface area (Å²) >= 11 is 0. The molecule has 1 aliphatic heterocycles. The minimum absolute atomic E-state index is 0.000829. The van der Waals surface area contributed by atoms with Crippen molar-refractivity contribution >= 4 is 59.1 Å². The molecule has 20 nitrogen and oxygen atoms in total. The van der Waals surface area contributed by atoms with Gasteiger partial charge in [-0.1, -0.05) is 171 Å². The largest absolute Gasteiger partial charge is 0.343 e. The third-order valence-corrected chi connectivity index (χ3v) is 15.3. The quantitative estimate of drug-likeness (QED) is 0.0915. The molecular weight excluding hydrogens is 1090 g/mol. The molecule has 86 heavy (non-hydrogen) atoms. The zero-order valence-corrected chi connectivity index (χ0v) is 54.8. The molecule has 0 radical (unpaired) electrons. The normalized spacial score (nSPS) is 24.9. The van der Waals surface area contributed by atoms with E-state index < -0.39 is 131 Å². The highest BCUT2D eigenvalue weighted by Gasteiger charge is 2.41. The number of likely N-dealkylation sites (N-methyl/N-ethyl adjacent to an activating group) is 2. The van der Waals surface area contributed by atoms with E-state index in [4.69, 9.17) is 0 Å². The topological polar surface area (TPSA) is 273 Å². The number of nitrogens with one attached hydrogen (secondary N) is 8. The summed E-state index contributed by atoms with van der Waals surface area (Å²) in [5, 5.41) is 23.2. The first kappa shape index (κ1) is 73.4. The molecule has 0 aromatic heterocycles. The van der Waals surface area contributed by atoms with Crippen LogP contribution in [0.15, 0.2) is 60.7 Å². The van der Waals surface area contributed by atoms with Gasteiger partial charge in [-0.2, -0.15) is 0 Å². The van der Waals surface area contributed by atoms with Crippen molar-refractivity contribution in [2.24, 2.45) is 47.3 Å². The Hall–Kier alpha value is -6.86. The average Bonchev–Trinajstić information content (AvgIpc) is 1.75. The average molecular weight is 1200 g/mol. The monoisotopic (exact) mass is 1200 g/mol. The maximum absolute atomic E-state index is 14.9. The minimum Gasteiger partial charge on any atom is -0.343 e. The lowest BCUT2D eigenvalue weighted by atomic mass is 9.96. The Balaban J connectivity index is 2.34. The summed E-state index contributed by atoms with van der Waals surface area (Å²) in [6, 6.07) is 6.01. The maximum atomic E-state index is 14.9. The highest BCUT2D eigenvalue weighted by Crippen LogP contribution is 2.21. The summed E-state index contributed by atoms with van der Waals surface area (Å²) in [5.41, 5.74) is 1.39. The van der Waals surface area contributed by atoms with Crippen LogP contribution in [0.2, 0.25) is 0 Å². The molecule has 1 aliphatic rings. The molecule has 480 valence electrons. The van der Waals surface area contributed by atoms with Gasteiger partial charge in [-0.25, -0.2) is 0 Å². The fraction of sp³-hybridized carbons (Fsp3) is 0.667. The van der Waals surface area contributed by atoms with Crippen molar-refractivity contribution in [2.45, 2.75) is 223 Å². The lowest BCUT2D eigenvalue weighted by Gasteiger charge is -2.35. The standard InChI is InChI=1S/C66H106N10O10/c1-37(2)29-47-57(77)69-51(35-45-25-21-19-22-26-45)59(79)67-49(31-39(5)6)61(81)74-56(44(15)16)66(86)76(18)54(34-42(11)12)64(84)72-48(30-38(3)4)58(78)70-52(36-46-27-23-20-24-28-46)60(80)68-50(32-40(7)8)62(82)73-55(43(13)14)65(85)75(17)53(33-41(9)10)63(83)71-47/h19-28,37-44,47-56H,29-36H2,1-18H3,(H,67,79)(H,68,80)(H,69,77)(H,70,78)(H,71,83)(H,72,84)(H,73,82)(H,74,81)/t47-,48-,49+,50+,51+,52+,53+,54+,55+,56+/m1/s1. The first-order chi connectivity index (χ1) is 40.2. The summed E-state index contributed by atoms with van der Waals surface area (Å²) in [6.45, 7) is 29.6. The molecule has 20 heteroatoms. The van der Waals surface area contributed by atoms with Gasteiger partial charge in [-0.3, -0.25) is 47.9 Å². The van der Waals surface area contributed by atoms with Gasteiger partial charge in [0.15, 0.2) is 0 Å². The summed E-state index contributed by atoms with van der Waals surface area (Å²) in [6.07, 6.45) is 0.894. The fourth-order valence-electron chi connectivity index (χ4n) is 10.6. The second-order valence-corrected chi connectivity index (χ2v) is 26.9. The number of benzene rings is 2. The van der Waals surface area contributed by atoms with Crippen molar-refractivity contribution in [1.29, 1.82) is 0 Å². The minimum atomic E-state index is -1.27. The van der Waals surface area contributed by atoms with Crippen molar-refractivity contribution in [3.05, 3.63) is 71.8 Å². The Morgan fingerprint density at radius 2 is 0.523 bits per heavy atom. The third-order valence-electron chi connectivity index (χ3n) is 15.3. The molecule has 1 saturated heterocycles. The molecule has 0 saturated carbocycles. The summed E-state index contributed by atoms with van der Waals surface area (Å²) in [4.78, 5) is 150. The van der Waals surface area contributed by atoms with Crippen LogP contribution in [0, 0.1) is 47.3 Å². The van der Waals surface area contributed by atoms with E-state index in [1.54, 1.807) is 76.2 Å². The number of amides is 10. The van der Waals surface area contributed by atoms with Crippen LogP contribution in [-0.4, -0.2) is 143 Å². The van der Waals surface area contributed by atoms with E-state index in [-0.39, 0.29) is 86.9 Å². The molecule has 2 aromatic carbocycles. The first-order valence-electron chi connectivity index (χ1n) is 31.2. The smallest absolute Gasteiger partial charge is 0.245 e. The van der Waals surface area contributed by atoms with Gasteiger partial charge >= 0.3 is 0 Å². The van der Waals surface area contributed by atoms with E-state index in [1.807, 2.05) is 95.2 Å². The molecule has 8 N–H and O–H groups in total. The molecule has 0 spiro atoms. The van der Waals surface area contributed by atoms with E-state index in [0.717, 1.165) is 0 Å². The van der Waals surface area contributed by atoms with Gasteiger partial charge in [-0.05, 0) is 97.0 Å². The summed E-state index contributed by atoms with van der Waals surface area (Å²) in [5.74, 6) is -8.41. The van der Waals surface area contributed by atoms with Crippen LogP contribution in [0.4, 0.5) is 0 Å². The number of hydrogen-bond acceptors (Lipinski definition) is 10. The maximum Gasteiger partial charge on any atom is 0.245 e. The van der Waals surface area contributed by atoms with Crippen LogP contribution in [0.25, 0.3) is 0 Å². The van der Waals surface area contributed by atoms with Gasteiger partial charge in [0.1, 0.15) is 60.4 Å². The van der Waals surface area contributed by atoms with Crippen LogP contribution in [0.1, 0.15) is 160 Å². The second kappa shape index (κ2) is 35.1. The van der Waals surface area contributed by atoms with E-state index in [2.05, 4.69) is 42.5 Å². The highest BCUT2D eigenvalue weighted by molar-refractivity contribution is 5.99. The molecule has 10 amide bonds. The van der Waals surface area contributed by atoms with Crippen LogP contribution >= 0.6 is 0 Å². The number of carbonyl (C=O) groups excluding carboxylic acids is 10. The fourth-order valence-corrected chi connectivity index (χ4v) is 10.6. The number of hydrogen-bond donors (Lipinski definition) is 8. The third kappa shape index (κ3) is 23.8. The lowest BCUT2D eigenvalue weighted by molar-refractivity contribution is -0.145. The molecule has 0 bridgehead atoms. The van der Waals surface area contributed by atoms with Crippen molar-refractivity contribution in [3.8, 4) is 0 Å². The van der Waals surface area contributed by atoms with Crippen molar-refractivity contribution < 1.29 is 47.9 Å². The van der Waals surface area contributed by atoms with Crippen LogP contribution in [0.3, 0.4) is 0 Å². The van der Waals surface area contributed by atoms with E-state index >= 15 is 0 Å². The van der Waals surface area contributed by atoms with Crippen LogP contribution in [-0.2, 0) is 60.8 Å². The molecule has 0 unspecified atom stereocenters. The Morgan fingerprint density at radius 1 is 0.302 bits per heavy atom. The van der Waals surface area contributed by atoms with Gasteiger partial charge in [0.25, 0.3) is 0 Å². The van der Waals surface area contributed by atoms with Crippen LogP contribution in [0.5, 0.6) is 0 Å². The summed E-state index contributed by atoms with van der Waals surface area (Å²) < 4.78 is 0. The first-order valence-corrected chi connectivity index (χ1v) is 31.2. The van der Waals surface area contributed by atoms with Crippen LogP contribution < -0.4 is 42.5 Å². The number of nitrogens with zero attached hydrogens (tertiary/aromatic N) is 2. The zero-order valence-electron chi connectivity index (χ0n) is 54.8. The van der Waals surface area contributed by atoms with Crippen molar-refractivity contribution in [1.82, 2.24) is 52.3 Å². The summed E-state index contributed by atoms with van der Waals surface area (Å²) in [7, 11) is 2.95. The molecule has 1 heterocycles. The molecule has 3 rings (SSSR count). The lowest BCUT2D eigenvalue weighted by Crippen LogP contribution is -2.62. The van der Waals surface area contributed by atoms with Gasteiger partial charge in [-0.15, -0.1) is 0 Å². The SMILES string of the molecule is CC(C)C[C@@H]1NC(=O)[C@H](Cc2ccccc2)NC(=O)[C@@H](CC(C)C)NC(=O)[C@H](CC(C)C)N(C)C(=O)[C@H](C(C)C)NC(=O)[C@H](CC(C)C)NC(=O)[C@H](Cc2ccccc2)NC(=O)[C@@H](CC(C)C)NC(=O)[C@H](CC(C)C)N(C)C(=O)[C@H](C(C)C)NC1=O. The Morgan fingerprint density at radius 3 is 0.767 bits per heavy atom. The molecule has 1 fully saturated rings. The molecule has 2 aromatic rings.